The Balaban J connectivity index is 0.985. The minimum absolute atomic E-state index is 0.00178. The van der Waals surface area contributed by atoms with E-state index in [0.717, 1.165) is 9.80 Å². The summed E-state index contributed by atoms with van der Waals surface area (Å²) in [4.78, 5) is 82.0. The van der Waals surface area contributed by atoms with Gasteiger partial charge >= 0.3 is 11.9 Å². The first-order valence-corrected chi connectivity index (χ1v) is 17.1. The van der Waals surface area contributed by atoms with E-state index in [-0.39, 0.29) is 50.6 Å². The molecule has 2 N–H and O–H groups in total. The number of carboxylic acid groups (broad SMARTS) is 2. The van der Waals surface area contributed by atoms with Crippen LogP contribution in [0.3, 0.4) is 0 Å². The summed E-state index contributed by atoms with van der Waals surface area (Å²) in [6.45, 7) is 0. The Bertz CT molecular complexity index is 2710. The molecule has 0 bridgehead atoms. The van der Waals surface area contributed by atoms with Gasteiger partial charge in [0.1, 0.15) is 28.5 Å². The number of fused-ring (bicyclic) bond motifs is 3. The highest BCUT2D eigenvalue weighted by atomic mass is 16.5. The number of oxazole rings is 1. The molecule has 57 heavy (non-hydrogen) atoms. The van der Waals surface area contributed by atoms with Crippen LogP contribution >= 0.6 is 0 Å². The number of aromatic carboxylic acids is 2. The number of rotatable bonds is 9. The van der Waals surface area contributed by atoms with E-state index < -0.39 is 35.6 Å². The molecule has 14 heteroatoms. The molecule has 2 aliphatic rings. The molecule has 2 aliphatic heterocycles. The molecule has 276 valence electrons. The lowest BCUT2D eigenvalue weighted by atomic mass is 10.1. The van der Waals surface area contributed by atoms with Gasteiger partial charge in [0.25, 0.3) is 23.6 Å². The zero-order valence-corrected chi connectivity index (χ0v) is 29.0. The summed E-state index contributed by atoms with van der Waals surface area (Å²) in [5.74, 6) is -3.32. The van der Waals surface area contributed by atoms with E-state index in [0.29, 0.717) is 39.7 Å². The minimum Gasteiger partial charge on any atom is -0.478 e. The van der Waals surface area contributed by atoms with Crippen molar-refractivity contribution in [3.05, 3.63) is 161 Å². The highest BCUT2D eigenvalue weighted by Crippen LogP contribution is 2.38. The van der Waals surface area contributed by atoms with Gasteiger partial charge in [0.2, 0.25) is 5.89 Å². The summed E-state index contributed by atoms with van der Waals surface area (Å²) in [7, 11) is 0. The monoisotopic (exact) mass is 757 g/mol. The van der Waals surface area contributed by atoms with Gasteiger partial charge in [-0.2, -0.15) is 0 Å². The normalized spacial score (nSPS) is 13.3. The Morgan fingerprint density at radius 3 is 1.42 bits per heavy atom. The van der Waals surface area contributed by atoms with Crippen LogP contribution in [0.15, 0.2) is 132 Å². The first kappa shape index (κ1) is 34.4. The molecule has 4 amide bonds. The van der Waals surface area contributed by atoms with Gasteiger partial charge in [-0.3, -0.25) is 19.2 Å². The number of para-hydroxylation sites is 2. The van der Waals surface area contributed by atoms with Crippen molar-refractivity contribution in [2.24, 2.45) is 0 Å². The van der Waals surface area contributed by atoms with Crippen LogP contribution in [0.5, 0.6) is 23.0 Å². The zero-order valence-electron chi connectivity index (χ0n) is 29.0. The molecule has 9 rings (SSSR count). The van der Waals surface area contributed by atoms with Crippen molar-refractivity contribution < 1.29 is 52.9 Å². The van der Waals surface area contributed by atoms with Gasteiger partial charge in [-0.1, -0.05) is 12.1 Å². The molecule has 0 saturated heterocycles. The van der Waals surface area contributed by atoms with Crippen LogP contribution in [0.2, 0.25) is 0 Å². The van der Waals surface area contributed by atoms with Crippen molar-refractivity contribution >= 4 is 58.0 Å². The smallest absolute Gasteiger partial charge is 0.335 e. The molecule has 0 saturated carbocycles. The van der Waals surface area contributed by atoms with Gasteiger partial charge in [-0.25, -0.2) is 24.4 Å². The molecule has 0 radical (unpaired) electrons. The fourth-order valence-corrected chi connectivity index (χ4v) is 6.62. The predicted octanol–water partition coefficient (Wildman–Crippen LogP) is 8.08. The number of carbonyl (C=O) groups is 6. The number of carbonyl (C=O) groups excluding carboxylic acids is 4. The van der Waals surface area contributed by atoms with Crippen LogP contribution in [0, 0.1) is 0 Å². The maximum Gasteiger partial charge on any atom is 0.335 e. The molecule has 0 unspecified atom stereocenters. The maximum absolute atomic E-state index is 13.2. The molecule has 7 aromatic rings. The molecule has 0 atom stereocenters. The van der Waals surface area contributed by atoms with E-state index >= 15 is 0 Å². The number of nitrogens with zero attached hydrogens (tertiary/aromatic N) is 3. The first-order valence-electron chi connectivity index (χ1n) is 17.1. The molecular weight excluding hydrogens is 734 g/mol. The number of imide groups is 2. The van der Waals surface area contributed by atoms with Crippen LogP contribution in [0.1, 0.15) is 62.1 Å². The lowest BCUT2D eigenvalue weighted by Crippen LogP contribution is -2.29. The fourth-order valence-electron chi connectivity index (χ4n) is 6.62. The Hall–Kier alpha value is -8.39. The highest BCUT2D eigenvalue weighted by Gasteiger charge is 2.38. The summed E-state index contributed by atoms with van der Waals surface area (Å²) in [5.41, 5.74) is 2.18. The third-order valence-corrected chi connectivity index (χ3v) is 9.35. The Morgan fingerprint density at radius 1 is 0.509 bits per heavy atom. The van der Waals surface area contributed by atoms with E-state index in [9.17, 15) is 39.0 Å². The number of aromatic nitrogens is 1. The molecule has 0 fully saturated rings. The second kappa shape index (κ2) is 13.2. The third kappa shape index (κ3) is 5.99. The fraction of sp³-hybridized carbons (Fsp3) is 0. The summed E-state index contributed by atoms with van der Waals surface area (Å²) in [6.07, 6.45) is 0. The number of ether oxygens (including phenoxy) is 2. The lowest BCUT2D eigenvalue weighted by molar-refractivity contribution is 0.0686. The quantitative estimate of drug-likeness (QED) is 0.135. The highest BCUT2D eigenvalue weighted by molar-refractivity contribution is 6.35. The number of anilines is 2. The van der Waals surface area contributed by atoms with Crippen LogP contribution in [-0.2, 0) is 0 Å². The number of hydrogen-bond acceptors (Lipinski definition) is 10. The second-order valence-corrected chi connectivity index (χ2v) is 12.9. The van der Waals surface area contributed by atoms with Crippen molar-refractivity contribution in [1.29, 1.82) is 0 Å². The minimum atomic E-state index is -1.22. The number of benzene rings is 6. The van der Waals surface area contributed by atoms with Crippen molar-refractivity contribution in [2.45, 2.75) is 0 Å². The molecule has 3 heterocycles. The average Bonchev–Trinajstić information content (AvgIpc) is 3.84. The van der Waals surface area contributed by atoms with Crippen molar-refractivity contribution in [2.75, 3.05) is 9.80 Å². The molecule has 0 aliphatic carbocycles. The topological polar surface area (TPSA) is 194 Å². The van der Waals surface area contributed by atoms with Crippen molar-refractivity contribution in [3.8, 4) is 34.5 Å². The number of carboxylic acids is 2. The second-order valence-electron chi connectivity index (χ2n) is 12.9. The standard InChI is InChI=1S/C43H23N3O11/c47-38-31-15-5-22(42(51)52)19-33(31)40(49)45(38)25-7-11-27(12-8-25)55-29-17-24(37-44-35-3-1-2-4-36(35)57-37)18-30(21-29)56-28-13-9-26(10-14-28)46-39(48)32-16-6-23(43(53)54)20-34(32)41(46)50/h1-21H,(H,51,52)(H,53,54). The summed E-state index contributed by atoms with van der Waals surface area (Å²) in [5, 5.41) is 18.7. The van der Waals surface area contributed by atoms with Gasteiger partial charge in [0, 0.05) is 11.6 Å². The zero-order chi connectivity index (χ0) is 39.5. The predicted molar refractivity (Wildman–Crippen MR) is 202 cm³/mol. The van der Waals surface area contributed by atoms with E-state index in [1.54, 1.807) is 48.5 Å². The summed E-state index contributed by atoms with van der Waals surface area (Å²) >= 11 is 0. The maximum atomic E-state index is 13.2. The molecular formula is C43H23N3O11. The van der Waals surface area contributed by atoms with Gasteiger partial charge in [-0.15, -0.1) is 0 Å². The molecule has 0 spiro atoms. The van der Waals surface area contributed by atoms with E-state index in [1.165, 1.54) is 60.7 Å². The van der Waals surface area contributed by atoms with Gasteiger partial charge in [0.05, 0.1) is 44.8 Å². The molecule has 1 aromatic heterocycles. The van der Waals surface area contributed by atoms with Crippen LogP contribution in [0.4, 0.5) is 11.4 Å². The Labute approximate surface area is 320 Å². The van der Waals surface area contributed by atoms with E-state index in [4.69, 9.17) is 13.9 Å². The van der Waals surface area contributed by atoms with Gasteiger partial charge in [0.15, 0.2) is 5.58 Å². The largest absolute Gasteiger partial charge is 0.478 e. The van der Waals surface area contributed by atoms with Crippen LogP contribution in [-0.4, -0.2) is 50.8 Å². The van der Waals surface area contributed by atoms with E-state index in [2.05, 4.69) is 4.98 Å². The van der Waals surface area contributed by atoms with Gasteiger partial charge < -0.3 is 24.1 Å². The SMILES string of the molecule is O=C(O)c1ccc2c(c1)C(=O)N(c1ccc(Oc3cc(Oc4ccc(N5C(=O)c6ccc(C(=O)O)cc6C5=O)cc4)cc(-c4nc5ccccc5o4)c3)cc1)C2=O. The summed E-state index contributed by atoms with van der Waals surface area (Å²) in [6, 6.07) is 32.2. The molecule has 6 aromatic carbocycles. The summed E-state index contributed by atoms with van der Waals surface area (Å²) < 4.78 is 18.4. The lowest BCUT2D eigenvalue weighted by Gasteiger charge is -2.16. The van der Waals surface area contributed by atoms with Gasteiger partial charge in [-0.05, 0) is 109 Å². The Morgan fingerprint density at radius 2 is 0.965 bits per heavy atom. The van der Waals surface area contributed by atoms with Crippen molar-refractivity contribution in [3.63, 3.8) is 0 Å². The average molecular weight is 758 g/mol. The van der Waals surface area contributed by atoms with E-state index in [1.807, 2.05) is 18.2 Å². The van der Waals surface area contributed by atoms with Crippen LogP contribution in [0.25, 0.3) is 22.6 Å². The van der Waals surface area contributed by atoms with Crippen LogP contribution < -0.4 is 19.3 Å². The number of hydrogen-bond donors (Lipinski definition) is 2. The molecule has 14 nitrogen and oxygen atoms in total. The van der Waals surface area contributed by atoms with Crippen molar-refractivity contribution in [1.82, 2.24) is 4.98 Å². The number of amides is 4. The Kier molecular flexibility index (Phi) is 7.95. The third-order valence-electron chi connectivity index (χ3n) is 9.35. The first-order chi connectivity index (χ1) is 27.5.